The Kier molecular flexibility index (Phi) is 1.49. The Hall–Kier alpha value is 0.557. The van der Waals surface area contributed by atoms with Crippen LogP contribution in [0.2, 0.25) is 0 Å². The first kappa shape index (κ1) is 5.56. The molecule has 0 N–H and O–H groups in total. The normalized spacial score (nSPS) is 12.6. The maximum atomic E-state index is 11.0. The van der Waals surface area contributed by atoms with Gasteiger partial charge in [0, 0.05) is 0 Å². The van der Waals surface area contributed by atoms with Gasteiger partial charge in [0.15, 0.2) is 0 Å². The van der Waals surface area contributed by atoms with Gasteiger partial charge in [-0.2, -0.15) is 0 Å². The fraction of sp³-hybridized carbons (Fsp3) is 1.00. The minimum Gasteiger partial charge on any atom is -0.201 e. The molecule has 0 rings (SSSR count). The van der Waals surface area contributed by atoms with Crippen molar-refractivity contribution in [2.75, 3.05) is 0 Å². The average Bonchev–Trinajstić information content (AvgIpc) is 0.722. The lowest BCUT2D eigenvalue weighted by molar-refractivity contribution is 0.211. The van der Waals surface area contributed by atoms with Crippen LogP contribution in [0.4, 0.5) is 8.78 Å². The summed E-state index contributed by atoms with van der Waals surface area (Å²) in [7, 11) is -0.109. The molecule has 0 fully saturated rings. The number of alkyl halides is 3. The molecule has 0 bridgehead atoms. The molecule has 0 unspecified atom stereocenters. The summed E-state index contributed by atoms with van der Waals surface area (Å²) >= 11 is 2.10. The lowest BCUT2D eigenvalue weighted by atomic mass is 11.7. The molecular formula is CH3BrF2Si. The summed E-state index contributed by atoms with van der Waals surface area (Å²) in [6.45, 7) is 0. The highest BCUT2D eigenvalue weighted by molar-refractivity contribution is 9.10. The lowest BCUT2D eigenvalue weighted by Crippen LogP contribution is -2.00. The van der Waals surface area contributed by atoms with E-state index >= 15 is 0 Å². The van der Waals surface area contributed by atoms with Gasteiger partial charge in [-0.1, -0.05) is 0 Å². The van der Waals surface area contributed by atoms with Crippen molar-refractivity contribution >= 4 is 26.2 Å². The Morgan fingerprint density at radius 2 is 1.60 bits per heavy atom. The van der Waals surface area contributed by atoms with Gasteiger partial charge in [-0.05, 0) is 15.9 Å². The molecular weight excluding hydrogens is 158 g/mol. The van der Waals surface area contributed by atoms with Gasteiger partial charge in [0.05, 0.1) is 0 Å². The number of halogens is 3. The van der Waals surface area contributed by atoms with Crippen LogP contribution in [0.1, 0.15) is 0 Å². The first-order valence-electron chi connectivity index (χ1n) is 1.07. The van der Waals surface area contributed by atoms with Crippen LogP contribution in [0, 0.1) is 0 Å². The van der Waals surface area contributed by atoms with E-state index < -0.39 is 4.46 Å². The van der Waals surface area contributed by atoms with Crippen molar-refractivity contribution < 1.29 is 8.78 Å². The molecule has 0 radical (unpaired) electrons. The van der Waals surface area contributed by atoms with Gasteiger partial charge in [-0.15, -0.1) is 0 Å². The summed E-state index contributed by atoms with van der Waals surface area (Å²) in [5.74, 6) is 0. The van der Waals surface area contributed by atoms with Crippen LogP contribution >= 0.6 is 15.9 Å². The topological polar surface area (TPSA) is 0 Å². The van der Waals surface area contributed by atoms with E-state index in [4.69, 9.17) is 0 Å². The van der Waals surface area contributed by atoms with Gasteiger partial charge in [-0.25, -0.2) is 8.78 Å². The van der Waals surface area contributed by atoms with Crippen LogP contribution in [0.3, 0.4) is 0 Å². The summed E-state index contributed by atoms with van der Waals surface area (Å²) in [5, 5.41) is 0. The third kappa shape index (κ3) is 96.1. The second kappa shape index (κ2) is 1.34. The van der Waals surface area contributed by atoms with E-state index in [9.17, 15) is 8.78 Å². The molecule has 0 aliphatic carbocycles. The molecule has 0 amide bonds. The first-order chi connectivity index (χ1) is 2.00. The molecule has 0 nitrogen and oxygen atoms in total. The van der Waals surface area contributed by atoms with Crippen molar-refractivity contribution in [1.29, 1.82) is 0 Å². The maximum Gasteiger partial charge on any atom is 0.270 e. The van der Waals surface area contributed by atoms with Crippen molar-refractivity contribution in [3.05, 3.63) is 0 Å². The zero-order chi connectivity index (χ0) is 4.50. The largest absolute Gasteiger partial charge is 0.270 e. The average molecular weight is 161 g/mol. The van der Waals surface area contributed by atoms with Crippen molar-refractivity contribution in [1.82, 2.24) is 0 Å². The van der Waals surface area contributed by atoms with E-state index in [-0.39, 0.29) is 10.2 Å². The molecule has 0 spiro atoms. The van der Waals surface area contributed by atoms with Crippen molar-refractivity contribution in [2.24, 2.45) is 0 Å². The van der Waals surface area contributed by atoms with E-state index in [0.29, 0.717) is 0 Å². The molecule has 4 heteroatoms. The molecule has 0 saturated carbocycles. The zero-order valence-electron chi connectivity index (χ0n) is 2.63. The van der Waals surface area contributed by atoms with Crippen LogP contribution in [0.15, 0.2) is 0 Å². The van der Waals surface area contributed by atoms with Crippen molar-refractivity contribution in [3.63, 3.8) is 0 Å². The quantitative estimate of drug-likeness (QED) is 0.354. The monoisotopic (exact) mass is 160 g/mol. The fourth-order valence-corrected chi connectivity index (χ4v) is 0. The van der Waals surface area contributed by atoms with Gasteiger partial charge in [-0.3, -0.25) is 0 Å². The van der Waals surface area contributed by atoms with E-state index in [1.165, 1.54) is 0 Å². The number of hydrogen-bond acceptors (Lipinski definition) is 0. The highest BCUT2D eigenvalue weighted by Crippen LogP contribution is 2.14. The third-order valence-corrected chi connectivity index (χ3v) is 0. The smallest absolute Gasteiger partial charge is 0.201 e. The standard InChI is InChI=1S/CH3BrF2Si/c2-1(3,4)5/h5H3. The zero-order valence-corrected chi connectivity index (χ0v) is 6.22. The SMILES string of the molecule is FC(F)([SiH3])Br. The van der Waals surface area contributed by atoms with Crippen molar-refractivity contribution in [2.45, 2.75) is 4.46 Å². The summed E-state index contributed by atoms with van der Waals surface area (Å²) in [6.07, 6.45) is 0. The highest BCUT2D eigenvalue weighted by atomic mass is 79.9. The molecule has 0 aliphatic rings. The van der Waals surface area contributed by atoms with E-state index in [2.05, 4.69) is 15.9 Å². The van der Waals surface area contributed by atoms with Crippen molar-refractivity contribution in [3.8, 4) is 0 Å². The second-order valence-electron chi connectivity index (χ2n) is 0.781. The molecule has 0 heterocycles. The molecule has 0 atom stereocenters. The van der Waals surface area contributed by atoms with Gasteiger partial charge in [0.2, 0.25) is 0 Å². The molecule has 0 aromatic rings. The first-order valence-corrected chi connectivity index (χ1v) is 2.86. The minimum atomic E-state index is -2.55. The summed E-state index contributed by atoms with van der Waals surface area (Å²) in [5.41, 5.74) is 0. The summed E-state index contributed by atoms with van der Waals surface area (Å²) in [6, 6.07) is 0. The van der Waals surface area contributed by atoms with Crippen LogP contribution in [-0.4, -0.2) is 14.7 Å². The highest BCUT2D eigenvalue weighted by Gasteiger charge is 2.11. The molecule has 0 aromatic carbocycles. The molecule has 0 aromatic heterocycles. The second-order valence-corrected chi connectivity index (χ2v) is 4.89. The van der Waals surface area contributed by atoms with E-state index in [0.717, 1.165) is 0 Å². The Morgan fingerprint density at radius 1 is 1.60 bits per heavy atom. The molecule has 32 valence electrons. The summed E-state index contributed by atoms with van der Waals surface area (Å²) in [4.78, 5) is 0. The fourth-order valence-electron chi connectivity index (χ4n) is 0. The Labute approximate surface area is 40.1 Å². The van der Waals surface area contributed by atoms with Gasteiger partial charge >= 0.3 is 0 Å². The van der Waals surface area contributed by atoms with Crippen LogP contribution in [0.5, 0.6) is 0 Å². The van der Waals surface area contributed by atoms with Crippen LogP contribution in [0.25, 0.3) is 0 Å². The molecule has 0 saturated heterocycles. The van der Waals surface area contributed by atoms with Gasteiger partial charge in [0.25, 0.3) is 4.46 Å². The van der Waals surface area contributed by atoms with Gasteiger partial charge < -0.3 is 0 Å². The van der Waals surface area contributed by atoms with Gasteiger partial charge in [0.1, 0.15) is 10.2 Å². The third-order valence-electron chi connectivity index (χ3n) is 0. The minimum absolute atomic E-state index is 0.109. The Bertz CT molecular complexity index is 25.1. The molecule has 0 aliphatic heterocycles. The van der Waals surface area contributed by atoms with E-state index in [1.807, 2.05) is 0 Å². The summed E-state index contributed by atoms with van der Waals surface area (Å²) < 4.78 is 19.4. The Balaban J connectivity index is 3.02. The van der Waals surface area contributed by atoms with E-state index in [1.54, 1.807) is 0 Å². The Morgan fingerprint density at radius 3 is 1.60 bits per heavy atom. The number of hydrogen-bond donors (Lipinski definition) is 0. The predicted molar refractivity (Wildman–Crippen MR) is 23.8 cm³/mol. The maximum absolute atomic E-state index is 11.0. The van der Waals surface area contributed by atoms with Crippen LogP contribution < -0.4 is 0 Å². The molecule has 5 heavy (non-hydrogen) atoms. The lowest BCUT2D eigenvalue weighted by Gasteiger charge is -1.91. The van der Waals surface area contributed by atoms with Crippen LogP contribution in [-0.2, 0) is 0 Å². The number of rotatable bonds is 0. The predicted octanol–water partition coefficient (Wildman–Crippen LogP) is 0.297.